The van der Waals surface area contributed by atoms with Crippen molar-refractivity contribution in [2.75, 3.05) is 6.54 Å². The molecule has 2 aromatic heterocycles. The smallest absolute Gasteiger partial charge is 0.346 e. The number of rotatable bonds is 6. The summed E-state index contributed by atoms with van der Waals surface area (Å²) in [5, 5.41) is 8.88. The molecule has 0 saturated heterocycles. The van der Waals surface area contributed by atoms with E-state index in [1.807, 2.05) is 38.2 Å². The second-order valence-corrected chi connectivity index (χ2v) is 8.98. The van der Waals surface area contributed by atoms with E-state index in [0.717, 1.165) is 35.0 Å². The van der Waals surface area contributed by atoms with Crippen molar-refractivity contribution < 1.29 is 4.79 Å². The van der Waals surface area contributed by atoms with Gasteiger partial charge in [0.25, 0.3) is 0 Å². The molecule has 2 N–H and O–H groups in total. The van der Waals surface area contributed by atoms with Crippen LogP contribution in [0.2, 0.25) is 0 Å². The maximum Gasteiger partial charge on any atom is 0.346 e. The van der Waals surface area contributed by atoms with E-state index < -0.39 is 5.92 Å². The minimum absolute atomic E-state index is 0.0559. The van der Waals surface area contributed by atoms with Crippen LogP contribution in [0.1, 0.15) is 46.8 Å². The predicted octanol–water partition coefficient (Wildman–Crippen LogP) is 3.43. The minimum atomic E-state index is -0.394. The van der Waals surface area contributed by atoms with Gasteiger partial charge in [0.1, 0.15) is 5.82 Å². The largest absolute Gasteiger partial charge is 0.361 e. The number of carbonyl (C=O) groups is 1. The van der Waals surface area contributed by atoms with Crippen molar-refractivity contribution in [1.29, 1.82) is 0 Å². The molecule has 1 atom stereocenters. The Kier molecular flexibility index (Phi) is 5.62. The van der Waals surface area contributed by atoms with Crippen molar-refractivity contribution in [3.05, 3.63) is 87.2 Å². The summed E-state index contributed by atoms with van der Waals surface area (Å²) < 4.78 is 3.19. The zero-order valence-corrected chi connectivity index (χ0v) is 19.1. The van der Waals surface area contributed by atoms with Crippen molar-refractivity contribution in [2.24, 2.45) is 0 Å². The molecule has 0 fully saturated rings. The van der Waals surface area contributed by atoms with Crippen LogP contribution in [0.5, 0.6) is 0 Å². The number of hydrogen-bond donors (Lipinski definition) is 2. The van der Waals surface area contributed by atoms with E-state index in [1.165, 1.54) is 15.6 Å². The third kappa shape index (κ3) is 4.11. The highest BCUT2D eigenvalue weighted by molar-refractivity contribution is 5.84. The molecule has 170 valence electrons. The van der Waals surface area contributed by atoms with Crippen molar-refractivity contribution in [3.63, 3.8) is 0 Å². The van der Waals surface area contributed by atoms with Crippen LogP contribution >= 0.6 is 0 Å². The number of nitrogens with one attached hydrogen (secondary N) is 2. The van der Waals surface area contributed by atoms with Crippen molar-refractivity contribution in [3.8, 4) is 0 Å². The summed E-state index contributed by atoms with van der Waals surface area (Å²) >= 11 is 0. The summed E-state index contributed by atoms with van der Waals surface area (Å²) in [6.45, 7) is 5.66. The van der Waals surface area contributed by atoms with Crippen LogP contribution in [0.4, 0.5) is 0 Å². The van der Waals surface area contributed by atoms with Crippen molar-refractivity contribution >= 4 is 16.8 Å². The molecular formula is C26H29N5O2. The number of carbonyl (C=O) groups excluding carboxylic acids is 1. The summed E-state index contributed by atoms with van der Waals surface area (Å²) in [4.78, 5) is 29.3. The number of nitrogens with zero attached hydrogens (tertiary/aromatic N) is 3. The molecule has 0 spiro atoms. The second kappa shape index (κ2) is 8.73. The third-order valence-corrected chi connectivity index (χ3v) is 6.65. The zero-order valence-electron chi connectivity index (χ0n) is 19.1. The second-order valence-electron chi connectivity index (χ2n) is 8.98. The Labute approximate surface area is 192 Å². The van der Waals surface area contributed by atoms with E-state index in [1.54, 1.807) is 4.57 Å². The molecular weight excluding hydrogens is 414 g/mol. The number of aromatic amines is 1. The molecule has 2 aromatic carbocycles. The lowest BCUT2D eigenvalue weighted by atomic mass is 9.98. The molecule has 1 aliphatic heterocycles. The van der Waals surface area contributed by atoms with E-state index in [2.05, 4.69) is 39.7 Å². The first-order chi connectivity index (χ1) is 16.0. The summed E-state index contributed by atoms with van der Waals surface area (Å²) in [5.74, 6) is 0.134. The van der Waals surface area contributed by atoms with Gasteiger partial charge in [-0.3, -0.25) is 9.36 Å². The first kappa shape index (κ1) is 21.2. The summed E-state index contributed by atoms with van der Waals surface area (Å²) in [6.07, 6.45) is 4.25. The Morgan fingerprint density at radius 1 is 1.18 bits per heavy atom. The number of H-pyrrole nitrogens is 1. The van der Waals surface area contributed by atoms with Crippen LogP contribution in [0.15, 0.2) is 53.5 Å². The first-order valence-electron chi connectivity index (χ1n) is 11.6. The van der Waals surface area contributed by atoms with E-state index in [0.29, 0.717) is 31.9 Å². The monoisotopic (exact) mass is 443 g/mol. The van der Waals surface area contributed by atoms with Crippen LogP contribution in [0, 0.1) is 13.8 Å². The van der Waals surface area contributed by atoms with Crippen LogP contribution in [-0.2, 0) is 24.3 Å². The Balaban J connectivity index is 1.30. The van der Waals surface area contributed by atoms with Gasteiger partial charge in [-0.2, -0.15) is 5.10 Å². The van der Waals surface area contributed by atoms with Gasteiger partial charge in [0.05, 0.1) is 12.5 Å². The summed E-state index contributed by atoms with van der Waals surface area (Å²) in [6, 6.07) is 14.4. The van der Waals surface area contributed by atoms with E-state index in [4.69, 9.17) is 0 Å². The lowest BCUT2D eigenvalue weighted by molar-refractivity contribution is -0.123. The quantitative estimate of drug-likeness (QED) is 0.479. The molecule has 4 aromatic rings. The van der Waals surface area contributed by atoms with Gasteiger partial charge >= 0.3 is 5.69 Å². The molecule has 7 nitrogen and oxygen atoms in total. The molecule has 1 amide bonds. The molecule has 1 aliphatic rings. The zero-order chi connectivity index (χ0) is 22.9. The number of aryl methyl sites for hydroxylation is 2. The highest BCUT2D eigenvalue weighted by Gasteiger charge is 2.31. The van der Waals surface area contributed by atoms with Gasteiger partial charge in [-0.25, -0.2) is 9.48 Å². The van der Waals surface area contributed by atoms with Crippen LogP contribution < -0.4 is 11.0 Å². The van der Waals surface area contributed by atoms with E-state index in [9.17, 15) is 9.59 Å². The Hall–Kier alpha value is -3.61. The van der Waals surface area contributed by atoms with Gasteiger partial charge in [-0.1, -0.05) is 42.0 Å². The number of hydrogen-bond acceptors (Lipinski definition) is 3. The average Bonchev–Trinajstić information content (AvgIpc) is 3.37. The fourth-order valence-electron chi connectivity index (χ4n) is 4.77. The molecule has 0 aliphatic carbocycles. The fourth-order valence-corrected chi connectivity index (χ4v) is 4.77. The molecule has 33 heavy (non-hydrogen) atoms. The highest BCUT2D eigenvalue weighted by Crippen LogP contribution is 2.25. The van der Waals surface area contributed by atoms with Crippen LogP contribution in [0.3, 0.4) is 0 Å². The number of fused-ring (bicyclic) bond motifs is 2. The van der Waals surface area contributed by atoms with E-state index >= 15 is 0 Å². The molecule has 0 radical (unpaired) electrons. The minimum Gasteiger partial charge on any atom is -0.361 e. The highest BCUT2D eigenvalue weighted by atomic mass is 16.2. The third-order valence-electron chi connectivity index (χ3n) is 6.65. The molecule has 0 saturated carbocycles. The molecule has 5 rings (SSSR count). The van der Waals surface area contributed by atoms with Gasteiger partial charge in [-0.15, -0.1) is 0 Å². The first-order valence-corrected chi connectivity index (χ1v) is 11.6. The van der Waals surface area contributed by atoms with E-state index in [-0.39, 0.29) is 11.6 Å². The van der Waals surface area contributed by atoms with Crippen molar-refractivity contribution in [1.82, 2.24) is 24.6 Å². The number of para-hydroxylation sites is 1. The van der Waals surface area contributed by atoms with Gasteiger partial charge < -0.3 is 10.3 Å². The fraction of sp³-hybridized carbons (Fsp3) is 0.346. The molecule has 1 unspecified atom stereocenters. The molecule has 0 bridgehead atoms. The number of aromatic nitrogens is 4. The Morgan fingerprint density at radius 3 is 2.91 bits per heavy atom. The average molecular weight is 444 g/mol. The maximum absolute atomic E-state index is 13.0. The van der Waals surface area contributed by atoms with Gasteiger partial charge in [-0.05, 0) is 55.9 Å². The SMILES string of the molecule is Cc1ccc(C)c(Cn2nc3n(c2=O)CCCC3C(=O)NCCc2c[nH]c3ccccc23)c1. The van der Waals surface area contributed by atoms with Crippen LogP contribution in [-0.4, -0.2) is 31.8 Å². The number of amides is 1. The van der Waals surface area contributed by atoms with Crippen molar-refractivity contribution in [2.45, 2.75) is 52.1 Å². The summed E-state index contributed by atoms with van der Waals surface area (Å²) in [7, 11) is 0. The van der Waals surface area contributed by atoms with Crippen LogP contribution in [0.25, 0.3) is 10.9 Å². The molecule has 7 heteroatoms. The normalized spacial score (nSPS) is 15.5. The van der Waals surface area contributed by atoms with Gasteiger partial charge in [0, 0.05) is 30.2 Å². The predicted molar refractivity (Wildman–Crippen MR) is 128 cm³/mol. The van der Waals surface area contributed by atoms with Gasteiger partial charge in [0.2, 0.25) is 5.91 Å². The Morgan fingerprint density at radius 2 is 2.03 bits per heavy atom. The lowest BCUT2D eigenvalue weighted by Gasteiger charge is -2.21. The van der Waals surface area contributed by atoms with Gasteiger partial charge in [0.15, 0.2) is 0 Å². The molecule has 3 heterocycles. The number of benzene rings is 2. The Bertz CT molecular complexity index is 1380. The lowest BCUT2D eigenvalue weighted by Crippen LogP contribution is -2.36. The standard InChI is InChI=1S/C26H29N5O2/c1-17-9-10-18(2)20(14-17)16-31-26(33)30-13-5-7-22(24(30)29-31)25(32)27-12-11-19-15-28-23-8-4-3-6-21(19)23/h3-4,6,8-10,14-15,22,28H,5,7,11-13,16H2,1-2H3,(H,27,32). The maximum atomic E-state index is 13.0. The topological polar surface area (TPSA) is 84.7 Å². The summed E-state index contributed by atoms with van der Waals surface area (Å²) in [5.41, 5.74) is 5.51.